The van der Waals surface area contributed by atoms with E-state index in [0.717, 1.165) is 0 Å². The zero-order chi connectivity index (χ0) is 16.5. The van der Waals surface area contributed by atoms with Crippen molar-refractivity contribution in [1.82, 2.24) is 5.32 Å². The number of carbonyl (C=O) groups excluding carboxylic acids is 1. The number of hydrogen-bond donors (Lipinski definition) is 3. The lowest BCUT2D eigenvalue weighted by Crippen LogP contribution is -2.36. The van der Waals surface area contributed by atoms with Crippen LogP contribution in [0, 0.1) is 0 Å². The largest absolute Gasteiger partial charge is 0.497 e. The number of aliphatic hydroxyl groups is 2. The van der Waals surface area contributed by atoms with E-state index in [1.807, 2.05) is 6.92 Å². The molecule has 3 N–H and O–H groups in total. The van der Waals surface area contributed by atoms with Crippen LogP contribution in [0.4, 0.5) is 0 Å². The molecular formula is C16H25NO5. The fourth-order valence-electron chi connectivity index (χ4n) is 2.09. The third-order valence-corrected chi connectivity index (χ3v) is 3.52. The molecule has 0 saturated heterocycles. The summed E-state index contributed by atoms with van der Waals surface area (Å²) in [6, 6.07) is 4.92. The lowest BCUT2D eigenvalue weighted by molar-refractivity contribution is -0.122. The second-order valence-electron chi connectivity index (χ2n) is 5.02. The van der Waals surface area contributed by atoms with Gasteiger partial charge in [-0.3, -0.25) is 4.79 Å². The summed E-state index contributed by atoms with van der Waals surface area (Å²) in [6.45, 7) is 1.80. The van der Waals surface area contributed by atoms with Gasteiger partial charge in [-0.1, -0.05) is 6.92 Å². The lowest BCUT2D eigenvalue weighted by atomic mass is 10.0. The molecule has 1 aromatic carbocycles. The maximum atomic E-state index is 11.8. The lowest BCUT2D eigenvalue weighted by Gasteiger charge is -2.17. The van der Waals surface area contributed by atoms with E-state index in [0.29, 0.717) is 23.5 Å². The summed E-state index contributed by atoms with van der Waals surface area (Å²) < 4.78 is 10.4. The molecule has 1 amide bonds. The minimum absolute atomic E-state index is 0.0862. The number of amides is 1. The van der Waals surface area contributed by atoms with Gasteiger partial charge in [-0.25, -0.2) is 0 Å². The molecule has 0 radical (unpaired) electrons. The Labute approximate surface area is 131 Å². The van der Waals surface area contributed by atoms with Gasteiger partial charge in [-0.05, 0) is 25.0 Å². The van der Waals surface area contributed by atoms with Gasteiger partial charge in [-0.2, -0.15) is 0 Å². The van der Waals surface area contributed by atoms with Crippen molar-refractivity contribution in [3.63, 3.8) is 0 Å². The summed E-state index contributed by atoms with van der Waals surface area (Å²) in [7, 11) is 3.07. The smallest absolute Gasteiger partial charge is 0.220 e. The normalized spacial score (nSPS) is 13.3. The first-order valence-corrected chi connectivity index (χ1v) is 7.35. The molecule has 22 heavy (non-hydrogen) atoms. The molecule has 0 fully saturated rings. The Balaban J connectivity index is 2.61. The van der Waals surface area contributed by atoms with Crippen molar-refractivity contribution in [3.8, 4) is 11.5 Å². The average Bonchev–Trinajstić information content (AvgIpc) is 2.56. The Morgan fingerprint density at radius 3 is 2.59 bits per heavy atom. The summed E-state index contributed by atoms with van der Waals surface area (Å²) >= 11 is 0. The van der Waals surface area contributed by atoms with Crippen molar-refractivity contribution in [2.75, 3.05) is 20.8 Å². The van der Waals surface area contributed by atoms with E-state index in [1.54, 1.807) is 25.3 Å². The van der Waals surface area contributed by atoms with Gasteiger partial charge in [0.15, 0.2) is 0 Å². The number of hydrogen-bond acceptors (Lipinski definition) is 5. The first-order valence-electron chi connectivity index (χ1n) is 7.35. The number of nitrogens with one attached hydrogen (secondary N) is 1. The summed E-state index contributed by atoms with van der Waals surface area (Å²) in [5.41, 5.74) is 0.616. The predicted molar refractivity (Wildman–Crippen MR) is 83.0 cm³/mol. The van der Waals surface area contributed by atoms with Crippen LogP contribution >= 0.6 is 0 Å². The zero-order valence-electron chi connectivity index (χ0n) is 13.3. The molecule has 0 heterocycles. The van der Waals surface area contributed by atoms with E-state index in [1.165, 1.54) is 7.11 Å². The molecule has 124 valence electrons. The van der Waals surface area contributed by atoms with Gasteiger partial charge in [0.2, 0.25) is 5.91 Å². The van der Waals surface area contributed by atoms with Gasteiger partial charge < -0.3 is 25.0 Å². The van der Waals surface area contributed by atoms with Crippen molar-refractivity contribution in [3.05, 3.63) is 23.8 Å². The molecule has 0 bridgehead atoms. The van der Waals surface area contributed by atoms with Gasteiger partial charge in [0.25, 0.3) is 0 Å². The van der Waals surface area contributed by atoms with Gasteiger partial charge >= 0.3 is 0 Å². The first kappa shape index (κ1) is 18.3. The maximum Gasteiger partial charge on any atom is 0.220 e. The Bertz CT molecular complexity index is 474. The van der Waals surface area contributed by atoms with E-state index < -0.39 is 6.10 Å². The van der Waals surface area contributed by atoms with Gasteiger partial charge in [-0.15, -0.1) is 0 Å². The highest BCUT2D eigenvalue weighted by molar-refractivity contribution is 5.76. The summed E-state index contributed by atoms with van der Waals surface area (Å²) in [5, 5.41) is 22.0. The van der Waals surface area contributed by atoms with Crippen LogP contribution < -0.4 is 14.8 Å². The molecule has 0 aliphatic rings. The number of aliphatic hydroxyl groups excluding tert-OH is 2. The molecule has 1 aromatic rings. The second kappa shape index (κ2) is 9.27. The van der Waals surface area contributed by atoms with Crippen LogP contribution in [0.5, 0.6) is 11.5 Å². The quantitative estimate of drug-likeness (QED) is 0.642. The van der Waals surface area contributed by atoms with E-state index in [4.69, 9.17) is 14.6 Å². The summed E-state index contributed by atoms with van der Waals surface area (Å²) in [4.78, 5) is 11.8. The number of carbonyl (C=O) groups is 1. The molecule has 6 nitrogen and oxygen atoms in total. The minimum atomic E-state index is -0.805. The predicted octanol–water partition coefficient (Wildman–Crippen LogP) is 1.40. The van der Waals surface area contributed by atoms with Crippen molar-refractivity contribution >= 4 is 5.91 Å². The number of rotatable bonds is 9. The Kier molecular flexibility index (Phi) is 7.70. The van der Waals surface area contributed by atoms with Gasteiger partial charge in [0.05, 0.1) is 33.0 Å². The van der Waals surface area contributed by atoms with E-state index in [2.05, 4.69) is 5.32 Å². The zero-order valence-corrected chi connectivity index (χ0v) is 13.3. The molecule has 2 unspecified atom stereocenters. The average molecular weight is 311 g/mol. The highest BCUT2D eigenvalue weighted by Gasteiger charge is 2.17. The first-order chi connectivity index (χ1) is 10.5. The third kappa shape index (κ3) is 5.20. The van der Waals surface area contributed by atoms with Crippen molar-refractivity contribution in [2.24, 2.45) is 0 Å². The molecule has 0 saturated carbocycles. The standard InChI is InChI=1S/C16H25NO5/c1-4-11(10-18)17-16(20)8-7-14(19)13-6-5-12(21-2)9-15(13)22-3/h5-6,9,11,14,18-19H,4,7-8,10H2,1-3H3,(H,17,20). The second-order valence-corrected chi connectivity index (χ2v) is 5.02. The van der Waals surface area contributed by atoms with Crippen molar-refractivity contribution < 1.29 is 24.5 Å². The fraction of sp³-hybridized carbons (Fsp3) is 0.562. The van der Waals surface area contributed by atoms with Crippen molar-refractivity contribution in [2.45, 2.75) is 38.3 Å². The topological polar surface area (TPSA) is 88.0 Å². The van der Waals surface area contributed by atoms with Crippen molar-refractivity contribution in [1.29, 1.82) is 0 Å². The van der Waals surface area contributed by atoms with Crippen LogP contribution in [0.15, 0.2) is 18.2 Å². The Hall–Kier alpha value is -1.79. The minimum Gasteiger partial charge on any atom is -0.497 e. The third-order valence-electron chi connectivity index (χ3n) is 3.52. The number of benzene rings is 1. The van der Waals surface area contributed by atoms with Gasteiger partial charge in [0, 0.05) is 18.1 Å². The van der Waals surface area contributed by atoms with E-state index >= 15 is 0 Å². The molecule has 6 heteroatoms. The molecule has 0 aliphatic heterocycles. The summed E-state index contributed by atoms with van der Waals surface area (Å²) in [5.74, 6) is 0.973. The van der Waals surface area contributed by atoms with Crippen LogP contribution in [0.3, 0.4) is 0 Å². The van der Waals surface area contributed by atoms with Crippen LogP contribution in [-0.4, -0.2) is 43.0 Å². The molecular weight excluding hydrogens is 286 g/mol. The van der Waals surface area contributed by atoms with Crippen LogP contribution in [0.1, 0.15) is 37.9 Å². The maximum absolute atomic E-state index is 11.8. The molecule has 0 aromatic heterocycles. The summed E-state index contributed by atoms with van der Waals surface area (Å²) in [6.07, 6.45) is 0.307. The highest BCUT2D eigenvalue weighted by atomic mass is 16.5. The van der Waals surface area contributed by atoms with Crippen LogP contribution in [-0.2, 0) is 4.79 Å². The molecule has 0 spiro atoms. The SMILES string of the molecule is CCC(CO)NC(=O)CCC(O)c1ccc(OC)cc1OC. The molecule has 0 aliphatic carbocycles. The molecule has 1 rings (SSSR count). The van der Waals surface area contributed by atoms with Crippen LogP contribution in [0.2, 0.25) is 0 Å². The number of methoxy groups -OCH3 is 2. The van der Waals surface area contributed by atoms with Crippen LogP contribution in [0.25, 0.3) is 0 Å². The Morgan fingerprint density at radius 2 is 2.05 bits per heavy atom. The highest BCUT2D eigenvalue weighted by Crippen LogP contribution is 2.31. The Morgan fingerprint density at radius 1 is 1.32 bits per heavy atom. The van der Waals surface area contributed by atoms with E-state index in [-0.39, 0.29) is 31.4 Å². The van der Waals surface area contributed by atoms with E-state index in [9.17, 15) is 9.90 Å². The molecule has 2 atom stereocenters. The monoisotopic (exact) mass is 311 g/mol. The number of ether oxygens (including phenoxy) is 2. The van der Waals surface area contributed by atoms with Gasteiger partial charge in [0.1, 0.15) is 11.5 Å². The fourth-order valence-corrected chi connectivity index (χ4v) is 2.09.